The minimum Gasteiger partial charge on any atom is -0.338 e. The van der Waals surface area contributed by atoms with Gasteiger partial charge in [0.1, 0.15) is 5.82 Å². The first-order chi connectivity index (χ1) is 12.9. The molecule has 2 amide bonds. The van der Waals surface area contributed by atoms with E-state index in [0.717, 1.165) is 11.1 Å². The quantitative estimate of drug-likeness (QED) is 0.820. The zero-order valence-electron chi connectivity index (χ0n) is 15.4. The highest BCUT2D eigenvalue weighted by atomic mass is 19.1. The SMILES string of the molecule is CC(=O)N1C[C@H]2CN(C(=O)c3cncc(C)c3)C[C@H]2[C@@H]1c1cccc(F)c1. The molecule has 2 aliphatic rings. The normalized spacial score (nSPS) is 24.2. The molecule has 6 heteroatoms. The summed E-state index contributed by atoms with van der Waals surface area (Å²) in [5, 5.41) is 0. The van der Waals surface area contributed by atoms with Crippen molar-refractivity contribution in [3.8, 4) is 0 Å². The van der Waals surface area contributed by atoms with Crippen LogP contribution in [0.5, 0.6) is 0 Å². The van der Waals surface area contributed by atoms with Crippen molar-refractivity contribution in [2.75, 3.05) is 19.6 Å². The Labute approximate surface area is 157 Å². The molecule has 0 saturated carbocycles. The van der Waals surface area contributed by atoms with Crippen LogP contribution >= 0.6 is 0 Å². The fourth-order valence-corrected chi connectivity index (χ4v) is 4.51. The molecule has 27 heavy (non-hydrogen) atoms. The molecule has 0 spiro atoms. The topological polar surface area (TPSA) is 53.5 Å². The van der Waals surface area contributed by atoms with Crippen molar-refractivity contribution in [2.24, 2.45) is 11.8 Å². The molecule has 0 unspecified atom stereocenters. The van der Waals surface area contributed by atoms with Gasteiger partial charge in [-0.2, -0.15) is 0 Å². The average molecular weight is 367 g/mol. The summed E-state index contributed by atoms with van der Waals surface area (Å²) >= 11 is 0. The monoisotopic (exact) mass is 367 g/mol. The first-order valence-corrected chi connectivity index (χ1v) is 9.17. The van der Waals surface area contributed by atoms with E-state index < -0.39 is 0 Å². The maximum absolute atomic E-state index is 13.8. The molecule has 1 aromatic heterocycles. The number of carbonyl (C=O) groups is 2. The molecule has 140 valence electrons. The van der Waals surface area contributed by atoms with Gasteiger partial charge >= 0.3 is 0 Å². The molecule has 5 nitrogen and oxygen atoms in total. The van der Waals surface area contributed by atoms with Gasteiger partial charge in [0, 0.05) is 50.8 Å². The zero-order chi connectivity index (χ0) is 19.1. The Balaban J connectivity index is 1.60. The number of amides is 2. The van der Waals surface area contributed by atoms with Crippen molar-refractivity contribution in [2.45, 2.75) is 19.9 Å². The van der Waals surface area contributed by atoms with Crippen molar-refractivity contribution < 1.29 is 14.0 Å². The van der Waals surface area contributed by atoms with Gasteiger partial charge in [-0.25, -0.2) is 4.39 Å². The van der Waals surface area contributed by atoms with Gasteiger partial charge < -0.3 is 9.80 Å². The fourth-order valence-electron chi connectivity index (χ4n) is 4.51. The molecule has 2 aliphatic heterocycles. The number of benzene rings is 1. The number of hydrogen-bond acceptors (Lipinski definition) is 3. The number of aromatic nitrogens is 1. The number of pyridine rings is 1. The van der Waals surface area contributed by atoms with Crippen LogP contribution in [0.4, 0.5) is 4.39 Å². The second-order valence-electron chi connectivity index (χ2n) is 7.56. The first kappa shape index (κ1) is 17.6. The fraction of sp³-hybridized carbons (Fsp3) is 0.381. The van der Waals surface area contributed by atoms with Crippen LogP contribution in [0.3, 0.4) is 0 Å². The maximum atomic E-state index is 13.8. The van der Waals surface area contributed by atoms with E-state index in [4.69, 9.17) is 0 Å². The van der Waals surface area contributed by atoms with Gasteiger partial charge in [0.25, 0.3) is 5.91 Å². The smallest absolute Gasteiger partial charge is 0.255 e. The number of aryl methyl sites for hydroxylation is 1. The molecule has 1 aromatic carbocycles. The van der Waals surface area contributed by atoms with Crippen LogP contribution in [0, 0.1) is 24.6 Å². The van der Waals surface area contributed by atoms with Crippen molar-refractivity contribution in [3.05, 3.63) is 65.2 Å². The van der Waals surface area contributed by atoms with Crippen LogP contribution < -0.4 is 0 Å². The molecule has 0 bridgehead atoms. The molecule has 3 heterocycles. The Morgan fingerprint density at radius 2 is 1.96 bits per heavy atom. The molecule has 2 saturated heterocycles. The molecule has 0 aliphatic carbocycles. The number of nitrogens with zero attached hydrogens (tertiary/aromatic N) is 3. The van der Waals surface area contributed by atoms with Gasteiger partial charge in [0.15, 0.2) is 0 Å². The lowest BCUT2D eigenvalue weighted by Crippen LogP contribution is -2.36. The average Bonchev–Trinajstić information content (AvgIpc) is 3.18. The van der Waals surface area contributed by atoms with E-state index in [2.05, 4.69) is 4.98 Å². The Morgan fingerprint density at radius 3 is 2.67 bits per heavy atom. The van der Waals surface area contributed by atoms with E-state index in [1.54, 1.807) is 25.4 Å². The Kier molecular flexibility index (Phi) is 4.42. The summed E-state index contributed by atoms with van der Waals surface area (Å²) in [5.74, 6) is -0.0510. The van der Waals surface area contributed by atoms with Crippen LogP contribution in [0.1, 0.15) is 34.5 Å². The van der Waals surface area contributed by atoms with Crippen LogP contribution in [0.15, 0.2) is 42.7 Å². The Hall–Kier alpha value is -2.76. The number of carbonyl (C=O) groups excluding carboxylic acids is 2. The molecule has 3 atom stereocenters. The number of likely N-dealkylation sites (tertiary alicyclic amines) is 2. The van der Waals surface area contributed by atoms with Crippen molar-refractivity contribution in [1.82, 2.24) is 14.8 Å². The summed E-state index contributed by atoms with van der Waals surface area (Å²) in [7, 11) is 0. The third-order valence-corrected chi connectivity index (χ3v) is 5.67. The van der Waals surface area contributed by atoms with E-state index >= 15 is 0 Å². The summed E-state index contributed by atoms with van der Waals surface area (Å²) in [6.07, 6.45) is 3.32. The second-order valence-corrected chi connectivity index (χ2v) is 7.56. The van der Waals surface area contributed by atoms with Crippen molar-refractivity contribution in [1.29, 1.82) is 0 Å². The van der Waals surface area contributed by atoms with Crippen LogP contribution in [-0.2, 0) is 4.79 Å². The highest BCUT2D eigenvalue weighted by molar-refractivity contribution is 5.94. The van der Waals surface area contributed by atoms with Crippen LogP contribution in [-0.4, -0.2) is 46.2 Å². The molecule has 4 rings (SSSR count). The highest BCUT2D eigenvalue weighted by Crippen LogP contribution is 2.45. The Morgan fingerprint density at radius 1 is 1.15 bits per heavy atom. The largest absolute Gasteiger partial charge is 0.338 e. The molecular formula is C21H22FN3O2. The van der Waals surface area contributed by atoms with Crippen molar-refractivity contribution >= 4 is 11.8 Å². The van der Waals surface area contributed by atoms with Gasteiger partial charge in [0.05, 0.1) is 11.6 Å². The van der Waals surface area contributed by atoms with Gasteiger partial charge in [-0.15, -0.1) is 0 Å². The predicted molar refractivity (Wildman–Crippen MR) is 98.4 cm³/mol. The number of fused-ring (bicyclic) bond motifs is 1. The van der Waals surface area contributed by atoms with Crippen LogP contribution in [0.25, 0.3) is 0 Å². The van der Waals surface area contributed by atoms with Gasteiger partial charge in [-0.3, -0.25) is 14.6 Å². The summed E-state index contributed by atoms with van der Waals surface area (Å²) in [4.78, 5) is 32.8. The zero-order valence-corrected chi connectivity index (χ0v) is 15.4. The summed E-state index contributed by atoms with van der Waals surface area (Å²) < 4.78 is 13.8. The third-order valence-electron chi connectivity index (χ3n) is 5.67. The molecule has 2 aromatic rings. The minimum atomic E-state index is -0.309. The number of hydrogen-bond donors (Lipinski definition) is 0. The standard InChI is InChI=1S/C21H22FN3O2/c1-13-6-16(9-23-8-13)21(27)24-10-17-11-25(14(2)26)20(19(17)12-24)15-4-3-5-18(22)7-15/h3-9,17,19-20H,10-12H2,1-2H3/t17-,19-,20+/m1/s1. The van der Waals surface area contributed by atoms with E-state index in [1.165, 1.54) is 12.1 Å². The molecule has 2 fully saturated rings. The van der Waals surface area contributed by atoms with Gasteiger partial charge in [-0.1, -0.05) is 12.1 Å². The number of rotatable bonds is 2. The summed E-state index contributed by atoms with van der Waals surface area (Å²) in [6, 6.07) is 8.08. The van der Waals surface area contributed by atoms with E-state index in [-0.39, 0.29) is 35.5 Å². The third kappa shape index (κ3) is 3.20. The predicted octanol–water partition coefficient (Wildman–Crippen LogP) is 2.82. The van der Waals surface area contributed by atoms with Gasteiger partial charge in [-0.05, 0) is 36.2 Å². The lowest BCUT2D eigenvalue weighted by molar-refractivity contribution is -0.130. The second kappa shape index (κ2) is 6.76. The molecular weight excluding hydrogens is 345 g/mol. The minimum absolute atomic E-state index is 0.0144. The van der Waals surface area contributed by atoms with E-state index in [0.29, 0.717) is 25.2 Å². The summed E-state index contributed by atoms with van der Waals surface area (Å²) in [6.45, 7) is 5.22. The van der Waals surface area contributed by atoms with Gasteiger partial charge in [0.2, 0.25) is 5.91 Å². The molecule has 0 N–H and O–H groups in total. The van der Waals surface area contributed by atoms with E-state index in [1.807, 2.05) is 28.9 Å². The lowest BCUT2D eigenvalue weighted by Gasteiger charge is -2.29. The Bertz CT molecular complexity index is 901. The number of halogens is 1. The maximum Gasteiger partial charge on any atom is 0.255 e. The van der Waals surface area contributed by atoms with Crippen LogP contribution in [0.2, 0.25) is 0 Å². The van der Waals surface area contributed by atoms with Crippen molar-refractivity contribution in [3.63, 3.8) is 0 Å². The highest BCUT2D eigenvalue weighted by Gasteiger charge is 2.49. The lowest BCUT2D eigenvalue weighted by atomic mass is 9.89. The van der Waals surface area contributed by atoms with E-state index in [9.17, 15) is 14.0 Å². The molecule has 0 radical (unpaired) electrons. The first-order valence-electron chi connectivity index (χ1n) is 9.17. The summed E-state index contributed by atoms with van der Waals surface area (Å²) in [5.41, 5.74) is 2.32.